The van der Waals surface area contributed by atoms with Crippen molar-refractivity contribution in [3.8, 4) is 11.5 Å². The number of fused-ring (bicyclic) bond motifs is 1. The molecule has 2 aromatic rings. The van der Waals surface area contributed by atoms with Crippen LogP contribution in [0.4, 0.5) is 0 Å². The van der Waals surface area contributed by atoms with Gasteiger partial charge in [0.25, 0.3) is 5.56 Å². The highest BCUT2D eigenvalue weighted by Gasteiger charge is 2.21. The van der Waals surface area contributed by atoms with Crippen LogP contribution in [0.1, 0.15) is 36.2 Å². The van der Waals surface area contributed by atoms with Crippen LogP contribution in [0.25, 0.3) is 0 Å². The number of amides is 1. The molecule has 1 aromatic carbocycles. The van der Waals surface area contributed by atoms with E-state index in [2.05, 4.69) is 10.4 Å². The van der Waals surface area contributed by atoms with Gasteiger partial charge in [-0.2, -0.15) is 5.10 Å². The van der Waals surface area contributed by atoms with Gasteiger partial charge >= 0.3 is 0 Å². The summed E-state index contributed by atoms with van der Waals surface area (Å²) in [4.78, 5) is 24.7. The van der Waals surface area contributed by atoms with Crippen molar-refractivity contribution in [2.24, 2.45) is 0 Å². The molecule has 7 heteroatoms. The standard InChI is InChI=1S/C20H25N3O4/c1-13(23-19(24)12-15-5-4-6-16(15)22-23)20(25)21-10-9-14-7-8-17(26-2)18(11-14)27-3/h7-8,11-13H,4-6,9-10H2,1-3H3,(H,21,25). The number of carbonyl (C=O) groups excluding carboxylic acids is 1. The second-order valence-electron chi connectivity index (χ2n) is 6.66. The quantitative estimate of drug-likeness (QED) is 0.801. The zero-order valence-electron chi connectivity index (χ0n) is 15.9. The zero-order chi connectivity index (χ0) is 19.4. The molecule has 27 heavy (non-hydrogen) atoms. The van der Waals surface area contributed by atoms with Crippen molar-refractivity contribution in [1.82, 2.24) is 15.1 Å². The van der Waals surface area contributed by atoms with Crippen LogP contribution in [0.3, 0.4) is 0 Å². The maximum Gasteiger partial charge on any atom is 0.267 e. The summed E-state index contributed by atoms with van der Waals surface area (Å²) in [5.41, 5.74) is 2.74. The number of carbonyl (C=O) groups is 1. The molecule has 7 nitrogen and oxygen atoms in total. The summed E-state index contributed by atoms with van der Waals surface area (Å²) in [6.07, 6.45) is 3.41. The fourth-order valence-corrected chi connectivity index (χ4v) is 3.32. The Morgan fingerprint density at radius 1 is 1.22 bits per heavy atom. The molecular weight excluding hydrogens is 346 g/mol. The van der Waals surface area contributed by atoms with E-state index in [1.807, 2.05) is 18.2 Å². The van der Waals surface area contributed by atoms with Crippen molar-refractivity contribution in [1.29, 1.82) is 0 Å². The molecule has 1 N–H and O–H groups in total. The van der Waals surface area contributed by atoms with Gasteiger partial charge in [-0.05, 0) is 55.9 Å². The summed E-state index contributed by atoms with van der Waals surface area (Å²) in [7, 11) is 3.18. The summed E-state index contributed by atoms with van der Waals surface area (Å²) >= 11 is 0. The highest BCUT2D eigenvalue weighted by Crippen LogP contribution is 2.27. The number of hydrogen-bond acceptors (Lipinski definition) is 5. The van der Waals surface area contributed by atoms with Crippen LogP contribution in [0.2, 0.25) is 0 Å². The molecule has 3 rings (SSSR count). The van der Waals surface area contributed by atoms with Gasteiger partial charge in [-0.1, -0.05) is 6.07 Å². The van der Waals surface area contributed by atoms with Gasteiger partial charge in [0.1, 0.15) is 6.04 Å². The molecular formula is C20H25N3O4. The third kappa shape index (κ3) is 4.13. The van der Waals surface area contributed by atoms with Crippen molar-refractivity contribution in [2.45, 2.75) is 38.6 Å². The number of methoxy groups -OCH3 is 2. The third-order valence-corrected chi connectivity index (χ3v) is 4.89. The van der Waals surface area contributed by atoms with E-state index < -0.39 is 6.04 Å². The molecule has 0 bridgehead atoms. The minimum atomic E-state index is -0.645. The maximum absolute atomic E-state index is 12.5. The Labute approximate surface area is 158 Å². The highest BCUT2D eigenvalue weighted by atomic mass is 16.5. The molecule has 0 saturated heterocycles. The molecule has 1 heterocycles. The number of hydrogen-bond donors (Lipinski definition) is 1. The first-order chi connectivity index (χ1) is 13.0. The molecule has 0 spiro atoms. The lowest BCUT2D eigenvalue weighted by atomic mass is 10.1. The number of rotatable bonds is 7. The molecule has 1 aromatic heterocycles. The fraction of sp³-hybridized carbons (Fsp3) is 0.450. The van der Waals surface area contributed by atoms with Crippen LogP contribution in [0.5, 0.6) is 11.5 Å². The van der Waals surface area contributed by atoms with Gasteiger partial charge in [0.15, 0.2) is 11.5 Å². The van der Waals surface area contributed by atoms with Gasteiger partial charge in [0.05, 0.1) is 19.9 Å². The normalized spacial score (nSPS) is 13.7. The highest BCUT2D eigenvalue weighted by molar-refractivity contribution is 5.79. The number of nitrogens with zero attached hydrogens (tertiary/aromatic N) is 2. The van der Waals surface area contributed by atoms with E-state index >= 15 is 0 Å². The molecule has 0 aliphatic heterocycles. The topological polar surface area (TPSA) is 82.5 Å². The molecule has 1 unspecified atom stereocenters. The number of ether oxygens (including phenoxy) is 2. The molecule has 1 aliphatic rings. The largest absolute Gasteiger partial charge is 0.493 e. The van der Waals surface area contributed by atoms with Crippen molar-refractivity contribution in [3.63, 3.8) is 0 Å². The summed E-state index contributed by atoms with van der Waals surface area (Å²) in [6, 6.07) is 6.63. The fourth-order valence-electron chi connectivity index (χ4n) is 3.32. The van der Waals surface area contributed by atoms with Gasteiger partial charge in [-0.3, -0.25) is 9.59 Å². The first kappa shape index (κ1) is 18.9. The summed E-state index contributed by atoms with van der Waals surface area (Å²) in [6.45, 7) is 2.15. The van der Waals surface area contributed by atoms with Crippen molar-refractivity contribution in [3.05, 3.63) is 51.4 Å². The van der Waals surface area contributed by atoms with E-state index in [-0.39, 0.29) is 11.5 Å². The third-order valence-electron chi connectivity index (χ3n) is 4.89. The molecule has 1 amide bonds. The van der Waals surface area contributed by atoms with Gasteiger partial charge in [-0.25, -0.2) is 4.68 Å². The summed E-state index contributed by atoms with van der Waals surface area (Å²) in [5.74, 6) is 1.10. The number of nitrogens with one attached hydrogen (secondary N) is 1. The zero-order valence-corrected chi connectivity index (χ0v) is 15.9. The first-order valence-electron chi connectivity index (χ1n) is 9.13. The van der Waals surface area contributed by atoms with E-state index in [9.17, 15) is 9.59 Å². The first-order valence-corrected chi connectivity index (χ1v) is 9.13. The van der Waals surface area contributed by atoms with Crippen LogP contribution < -0.4 is 20.3 Å². The lowest BCUT2D eigenvalue weighted by Crippen LogP contribution is -2.38. The Balaban J connectivity index is 1.60. The number of benzene rings is 1. The van der Waals surface area contributed by atoms with Gasteiger partial charge in [0, 0.05) is 12.6 Å². The van der Waals surface area contributed by atoms with Gasteiger partial charge < -0.3 is 14.8 Å². The molecule has 0 radical (unpaired) electrons. The van der Waals surface area contributed by atoms with Crippen LogP contribution in [-0.4, -0.2) is 36.5 Å². The van der Waals surface area contributed by atoms with Crippen molar-refractivity contribution in [2.75, 3.05) is 20.8 Å². The summed E-state index contributed by atoms with van der Waals surface area (Å²) in [5, 5.41) is 7.27. The Morgan fingerprint density at radius 3 is 2.74 bits per heavy atom. The SMILES string of the molecule is COc1ccc(CCNC(=O)C(C)n2nc3c(cc2=O)CCC3)cc1OC. The minimum absolute atomic E-state index is 0.219. The molecule has 1 atom stereocenters. The monoisotopic (exact) mass is 371 g/mol. The summed E-state index contributed by atoms with van der Waals surface area (Å²) < 4.78 is 11.8. The predicted octanol–water partition coefficient (Wildman–Crippen LogP) is 1.67. The average molecular weight is 371 g/mol. The predicted molar refractivity (Wildman–Crippen MR) is 101 cm³/mol. The van der Waals surface area contributed by atoms with E-state index in [4.69, 9.17) is 9.47 Å². The lowest BCUT2D eigenvalue weighted by Gasteiger charge is -2.15. The van der Waals surface area contributed by atoms with Gasteiger partial charge in [-0.15, -0.1) is 0 Å². The van der Waals surface area contributed by atoms with Crippen molar-refractivity contribution < 1.29 is 14.3 Å². The van der Waals surface area contributed by atoms with Crippen LogP contribution in [0.15, 0.2) is 29.1 Å². The average Bonchev–Trinajstić information content (AvgIpc) is 3.13. The lowest BCUT2D eigenvalue weighted by molar-refractivity contribution is -0.124. The molecule has 144 valence electrons. The van der Waals surface area contributed by atoms with Crippen molar-refractivity contribution >= 4 is 5.91 Å². The Morgan fingerprint density at radius 2 is 2.00 bits per heavy atom. The Hall–Kier alpha value is -2.83. The van der Waals surface area contributed by atoms with Gasteiger partial charge in [0.2, 0.25) is 5.91 Å². The van der Waals surface area contributed by atoms with Crippen LogP contribution in [0, 0.1) is 0 Å². The van der Waals surface area contributed by atoms with Crippen LogP contribution in [-0.2, 0) is 24.1 Å². The van der Waals surface area contributed by atoms with E-state index in [1.165, 1.54) is 4.68 Å². The minimum Gasteiger partial charge on any atom is -0.493 e. The van der Waals surface area contributed by atoms with Crippen LogP contribution >= 0.6 is 0 Å². The van der Waals surface area contributed by atoms with E-state index in [0.29, 0.717) is 24.5 Å². The molecule has 0 saturated carbocycles. The number of aryl methyl sites for hydroxylation is 2. The Kier molecular flexibility index (Phi) is 5.78. The number of aromatic nitrogens is 2. The second-order valence-corrected chi connectivity index (χ2v) is 6.66. The van der Waals surface area contributed by atoms with E-state index in [1.54, 1.807) is 27.2 Å². The smallest absolute Gasteiger partial charge is 0.267 e. The second kappa shape index (κ2) is 8.24. The maximum atomic E-state index is 12.5. The van der Waals surface area contributed by atoms with E-state index in [0.717, 1.165) is 36.1 Å². The molecule has 1 aliphatic carbocycles. The molecule has 0 fully saturated rings. The Bertz CT molecular complexity index is 891.